The summed E-state index contributed by atoms with van der Waals surface area (Å²) in [6.07, 6.45) is 48.3. The Labute approximate surface area is 384 Å². The lowest BCUT2D eigenvalue weighted by Gasteiger charge is -2.20. The van der Waals surface area contributed by atoms with Crippen LogP contribution in [0.15, 0.2) is 97.2 Å². The van der Waals surface area contributed by atoms with Crippen molar-refractivity contribution in [2.75, 3.05) is 19.8 Å². The Morgan fingerprint density at radius 2 is 1.16 bits per heavy atom. The van der Waals surface area contributed by atoms with E-state index in [1.54, 1.807) is 30.4 Å². The normalized spacial score (nSPS) is 15.5. The molecule has 0 saturated heterocycles. The number of aliphatic hydroxyl groups is 2. The number of phosphoric ester groups is 1. The number of ether oxygens (including phenoxy) is 2. The first-order valence-corrected chi connectivity index (χ1v) is 25.0. The molecule has 0 spiro atoms. The predicted molar refractivity (Wildman–Crippen MR) is 256 cm³/mol. The maximum Gasteiger partial charge on any atom is 0.472 e. The number of aliphatic hydroxyl groups excluding tert-OH is 2. The van der Waals surface area contributed by atoms with Gasteiger partial charge in [0.25, 0.3) is 0 Å². The van der Waals surface area contributed by atoms with Crippen LogP contribution in [-0.4, -0.2) is 82.3 Å². The first kappa shape index (κ1) is 60.3. The van der Waals surface area contributed by atoms with E-state index in [1.807, 2.05) is 49.5 Å². The number of carbonyl (C=O) groups is 3. The molecule has 5 atom stereocenters. The van der Waals surface area contributed by atoms with Gasteiger partial charge in [0.15, 0.2) is 6.10 Å². The van der Waals surface area contributed by atoms with Crippen molar-refractivity contribution in [1.82, 2.24) is 0 Å². The number of esters is 2. The molecule has 0 amide bonds. The van der Waals surface area contributed by atoms with E-state index in [1.165, 1.54) is 51.4 Å². The zero-order chi connectivity index (χ0) is 47.4. The smallest absolute Gasteiger partial charge is 0.472 e. The topological polar surface area (TPSA) is 212 Å². The lowest BCUT2D eigenvalue weighted by molar-refractivity contribution is -0.161. The molecule has 0 rings (SSSR count). The van der Waals surface area contributed by atoms with Gasteiger partial charge in [-0.2, -0.15) is 0 Å². The number of carbonyl (C=O) groups excluding carboxylic acids is 2. The van der Waals surface area contributed by atoms with Crippen LogP contribution in [0.2, 0.25) is 0 Å². The molecule has 364 valence electrons. The Kier molecular flexibility index (Phi) is 40.7. The largest absolute Gasteiger partial charge is 0.480 e. The second kappa shape index (κ2) is 43.2. The van der Waals surface area contributed by atoms with Gasteiger partial charge >= 0.3 is 25.7 Å². The number of rotatable bonds is 42. The van der Waals surface area contributed by atoms with Crippen molar-refractivity contribution >= 4 is 25.7 Å². The van der Waals surface area contributed by atoms with E-state index in [4.69, 9.17) is 24.8 Å². The molecule has 0 bridgehead atoms. The van der Waals surface area contributed by atoms with Crippen LogP contribution in [0.5, 0.6) is 0 Å². The van der Waals surface area contributed by atoms with Gasteiger partial charge in [-0.05, 0) is 70.6 Å². The lowest BCUT2D eigenvalue weighted by Crippen LogP contribution is -2.34. The summed E-state index contributed by atoms with van der Waals surface area (Å²) in [4.78, 5) is 46.1. The molecule has 0 saturated carbocycles. The van der Waals surface area contributed by atoms with Crippen LogP contribution in [0.25, 0.3) is 0 Å². The van der Waals surface area contributed by atoms with Crippen LogP contribution in [0, 0.1) is 0 Å². The van der Waals surface area contributed by atoms with E-state index < -0.39 is 69.9 Å². The molecule has 0 aliphatic heterocycles. The second-order valence-corrected chi connectivity index (χ2v) is 17.0. The molecule has 0 aliphatic rings. The highest BCUT2D eigenvalue weighted by molar-refractivity contribution is 7.47. The van der Waals surface area contributed by atoms with Gasteiger partial charge in [0.2, 0.25) is 0 Å². The number of hydrogen-bond donors (Lipinski definition) is 5. The Bertz CT molecular complexity index is 1480. The number of aliphatic carboxylic acids is 1. The number of carboxylic acids is 1. The molecule has 0 aromatic rings. The van der Waals surface area contributed by atoms with Crippen LogP contribution in [0.3, 0.4) is 0 Å². The predicted octanol–water partition coefficient (Wildman–Crippen LogP) is 10.8. The van der Waals surface area contributed by atoms with Crippen molar-refractivity contribution < 1.29 is 57.7 Å². The third-order valence-electron chi connectivity index (χ3n) is 9.49. The highest BCUT2D eigenvalue weighted by Crippen LogP contribution is 2.43. The lowest BCUT2D eigenvalue weighted by atomic mass is 10.1. The number of phosphoric acid groups is 1. The zero-order valence-electron chi connectivity index (χ0n) is 38.8. The number of unbranched alkanes of at least 4 members (excludes halogenated alkanes) is 13. The van der Waals surface area contributed by atoms with Gasteiger partial charge in [-0.15, -0.1) is 0 Å². The molecule has 14 heteroatoms. The fraction of sp³-hybridized carbons (Fsp3) is 0.620. The maximum absolute atomic E-state index is 12.7. The number of allylic oxidation sites excluding steroid dienone is 12. The van der Waals surface area contributed by atoms with Crippen LogP contribution in [0.4, 0.5) is 0 Å². The Morgan fingerprint density at radius 1 is 0.594 bits per heavy atom. The first-order valence-electron chi connectivity index (χ1n) is 23.5. The van der Waals surface area contributed by atoms with Crippen molar-refractivity contribution in [1.29, 1.82) is 0 Å². The summed E-state index contributed by atoms with van der Waals surface area (Å²) >= 11 is 0. The fourth-order valence-corrected chi connectivity index (χ4v) is 6.55. The maximum atomic E-state index is 12.7. The molecule has 0 aromatic carbocycles. The molecule has 0 aromatic heterocycles. The van der Waals surface area contributed by atoms with Crippen molar-refractivity contribution in [3.63, 3.8) is 0 Å². The van der Waals surface area contributed by atoms with Gasteiger partial charge in [0, 0.05) is 12.8 Å². The average Bonchev–Trinajstić information content (AvgIpc) is 3.26. The van der Waals surface area contributed by atoms with E-state index in [-0.39, 0.29) is 12.8 Å². The molecule has 0 radical (unpaired) electrons. The molecule has 1 unspecified atom stereocenters. The van der Waals surface area contributed by atoms with E-state index in [0.717, 1.165) is 44.9 Å². The van der Waals surface area contributed by atoms with E-state index in [9.17, 15) is 34.1 Å². The van der Waals surface area contributed by atoms with Crippen molar-refractivity contribution in [2.24, 2.45) is 5.73 Å². The molecule has 64 heavy (non-hydrogen) atoms. The quantitative estimate of drug-likeness (QED) is 0.0127. The van der Waals surface area contributed by atoms with E-state index in [2.05, 4.69) is 35.8 Å². The van der Waals surface area contributed by atoms with Gasteiger partial charge in [0.05, 0.1) is 25.4 Å². The van der Waals surface area contributed by atoms with Crippen LogP contribution >= 0.6 is 7.82 Å². The highest BCUT2D eigenvalue weighted by atomic mass is 31.2. The minimum atomic E-state index is -4.78. The van der Waals surface area contributed by atoms with Gasteiger partial charge in [-0.3, -0.25) is 23.4 Å². The summed E-state index contributed by atoms with van der Waals surface area (Å²) in [7, 11) is -4.78. The SMILES string of the molecule is CC/C=C\C[C@H](O)/C=C/C=C\C/C=C\C=C\[C@H](O)/C=C\CCCC(=O)O[C@H](COC(=O)CCCCCCCCCCC/C=C\C/C=C\CCCCC)COP(=O)(O)OC[C@H](N)C(=O)O. The van der Waals surface area contributed by atoms with Crippen molar-refractivity contribution in [2.45, 2.75) is 179 Å². The van der Waals surface area contributed by atoms with Crippen molar-refractivity contribution in [3.05, 3.63) is 97.2 Å². The Morgan fingerprint density at radius 3 is 1.80 bits per heavy atom. The zero-order valence-corrected chi connectivity index (χ0v) is 39.7. The summed E-state index contributed by atoms with van der Waals surface area (Å²) in [5.74, 6) is -2.61. The highest BCUT2D eigenvalue weighted by Gasteiger charge is 2.28. The summed E-state index contributed by atoms with van der Waals surface area (Å²) in [5.41, 5.74) is 5.33. The van der Waals surface area contributed by atoms with Crippen LogP contribution in [0.1, 0.15) is 155 Å². The summed E-state index contributed by atoms with van der Waals surface area (Å²) in [5, 5.41) is 28.9. The average molecular weight is 920 g/mol. The molecule has 6 N–H and O–H groups in total. The minimum Gasteiger partial charge on any atom is -0.480 e. The second-order valence-electron chi connectivity index (χ2n) is 15.6. The molecule has 0 fully saturated rings. The van der Waals surface area contributed by atoms with Crippen LogP contribution < -0.4 is 5.73 Å². The summed E-state index contributed by atoms with van der Waals surface area (Å²) in [6, 6.07) is -1.56. The Balaban J connectivity index is 4.57. The standard InChI is InChI=1S/C50H82NO12P/c1-3-5-7-8-9-10-11-12-13-14-15-16-17-18-19-20-24-27-33-39-48(54)60-41-46(42-61-64(58,59)62-43-47(51)50(56)57)63-49(55)40-34-28-32-38-45(53)37-31-26-23-21-22-25-30-36-44(52)35-29-6-4-2/h6,9-10,12-13,22-23,25-26,29-32,36-38,44-47,52-53H,3-5,7-8,11,14-21,24,27-28,33-35,39-43,51H2,1-2H3,(H,56,57)(H,58,59)/b10-9-,13-12-,25-22-,26-23-,29-6-,36-30+,37-31+,38-32-/t44-,45-,46+,47-/m0/s1. The third kappa shape index (κ3) is 42.3. The molecular weight excluding hydrogens is 838 g/mol. The number of nitrogens with two attached hydrogens (primary N) is 1. The number of carboxylic acid groups (broad SMARTS) is 1. The van der Waals surface area contributed by atoms with Gasteiger partial charge in [-0.1, -0.05) is 169 Å². The van der Waals surface area contributed by atoms with Gasteiger partial charge in [-0.25, -0.2) is 4.57 Å². The van der Waals surface area contributed by atoms with Gasteiger partial charge < -0.3 is 35.4 Å². The van der Waals surface area contributed by atoms with E-state index >= 15 is 0 Å². The van der Waals surface area contributed by atoms with Gasteiger partial charge in [0.1, 0.15) is 12.6 Å². The molecule has 13 nitrogen and oxygen atoms in total. The monoisotopic (exact) mass is 920 g/mol. The molecule has 0 heterocycles. The summed E-state index contributed by atoms with van der Waals surface area (Å²) in [6.45, 7) is 2.38. The molecular formula is C50H82NO12P. The van der Waals surface area contributed by atoms with Crippen molar-refractivity contribution in [3.8, 4) is 0 Å². The molecule has 0 aliphatic carbocycles. The Hall–Kier alpha value is -3.68. The fourth-order valence-electron chi connectivity index (χ4n) is 5.78. The first-order chi connectivity index (χ1) is 30.9. The number of hydrogen-bond acceptors (Lipinski definition) is 11. The minimum absolute atomic E-state index is 0.0313. The summed E-state index contributed by atoms with van der Waals surface area (Å²) < 4.78 is 32.6. The van der Waals surface area contributed by atoms with E-state index in [0.29, 0.717) is 32.1 Å². The van der Waals surface area contributed by atoms with Crippen LogP contribution in [-0.2, 0) is 37.5 Å². The third-order valence-corrected chi connectivity index (χ3v) is 10.4.